The van der Waals surface area contributed by atoms with Crippen LogP contribution in [0.3, 0.4) is 0 Å². The number of rotatable bonds is 9. The molecule has 7 heteroatoms. The number of aliphatic imine (C=N–C) groups is 1. The second-order valence-electron chi connectivity index (χ2n) is 8.07. The highest BCUT2D eigenvalue weighted by atomic mass is 16.5. The van der Waals surface area contributed by atoms with Crippen molar-refractivity contribution < 1.29 is 4.74 Å². The molecule has 0 spiro atoms. The van der Waals surface area contributed by atoms with E-state index < -0.39 is 0 Å². The van der Waals surface area contributed by atoms with Crippen LogP contribution in [0, 0.1) is 24.7 Å². The van der Waals surface area contributed by atoms with Gasteiger partial charge in [-0.1, -0.05) is 13.8 Å². The first-order chi connectivity index (χ1) is 13.0. The molecule has 1 aliphatic rings. The summed E-state index contributed by atoms with van der Waals surface area (Å²) in [6.07, 6.45) is 6.30. The molecule has 0 aromatic carbocycles. The first-order valence-electron chi connectivity index (χ1n) is 10.4. The summed E-state index contributed by atoms with van der Waals surface area (Å²) in [6.45, 7) is 9.77. The number of guanidine groups is 1. The fraction of sp³-hybridized carbons (Fsp3) is 0.850. The Labute approximate surface area is 164 Å². The summed E-state index contributed by atoms with van der Waals surface area (Å²) >= 11 is 0. The molecular formula is C20H38N6O. The maximum atomic E-state index is 5.13. The summed E-state index contributed by atoms with van der Waals surface area (Å²) in [5.74, 6) is 5.10. The Hall–Kier alpha value is -1.63. The van der Waals surface area contributed by atoms with Gasteiger partial charge < -0.3 is 19.9 Å². The largest absolute Gasteiger partial charge is 0.385 e. The summed E-state index contributed by atoms with van der Waals surface area (Å²) < 4.78 is 7.12. The lowest BCUT2D eigenvalue weighted by atomic mass is 9.77. The summed E-state index contributed by atoms with van der Waals surface area (Å²) in [5, 5.41) is 15.3. The SMILES string of the molecule is COCCCNC(=NCc1nnc(C)n1C)NCC1CCC(C(C)C)CC1. The van der Waals surface area contributed by atoms with E-state index in [0.717, 1.165) is 61.5 Å². The maximum Gasteiger partial charge on any atom is 0.191 e. The zero-order valence-corrected chi connectivity index (χ0v) is 17.8. The Balaban J connectivity index is 1.86. The Morgan fingerprint density at radius 2 is 1.96 bits per heavy atom. The maximum absolute atomic E-state index is 5.13. The van der Waals surface area contributed by atoms with Crippen molar-refractivity contribution in [2.24, 2.45) is 29.8 Å². The molecule has 0 amide bonds. The molecule has 2 N–H and O–H groups in total. The number of nitrogens with zero attached hydrogens (tertiary/aromatic N) is 4. The first-order valence-corrected chi connectivity index (χ1v) is 10.4. The third kappa shape index (κ3) is 7.13. The molecule has 7 nitrogen and oxygen atoms in total. The van der Waals surface area contributed by atoms with Crippen LogP contribution in [-0.4, -0.2) is 47.5 Å². The van der Waals surface area contributed by atoms with Crippen molar-refractivity contribution >= 4 is 5.96 Å². The molecule has 1 aliphatic carbocycles. The van der Waals surface area contributed by atoms with Gasteiger partial charge in [0.25, 0.3) is 0 Å². The fourth-order valence-electron chi connectivity index (χ4n) is 3.64. The monoisotopic (exact) mass is 378 g/mol. The normalized spacial score (nSPS) is 20.9. The Morgan fingerprint density at radius 3 is 2.56 bits per heavy atom. The summed E-state index contributed by atoms with van der Waals surface area (Å²) in [5.41, 5.74) is 0. The number of ether oxygens (including phenoxy) is 1. The van der Waals surface area contributed by atoms with Crippen LogP contribution < -0.4 is 10.6 Å². The number of hydrogen-bond acceptors (Lipinski definition) is 4. The molecule has 1 heterocycles. The van der Waals surface area contributed by atoms with Gasteiger partial charge in [-0.05, 0) is 56.8 Å². The Morgan fingerprint density at radius 1 is 1.22 bits per heavy atom. The zero-order valence-electron chi connectivity index (χ0n) is 17.8. The highest BCUT2D eigenvalue weighted by molar-refractivity contribution is 5.79. The molecule has 0 saturated heterocycles. The van der Waals surface area contributed by atoms with Crippen molar-refractivity contribution in [2.75, 3.05) is 26.8 Å². The van der Waals surface area contributed by atoms with Crippen molar-refractivity contribution in [3.8, 4) is 0 Å². The van der Waals surface area contributed by atoms with Crippen LogP contribution in [0.1, 0.15) is 57.6 Å². The number of nitrogens with one attached hydrogen (secondary N) is 2. The predicted molar refractivity (Wildman–Crippen MR) is 110 cm³/mol. The number of aromatic nitrogens is 3. The van der Waals surface area contributed by atoms with Gasteiger partial charge in [0.05, 0.1) is 0 Å². The number of aryl methyl sites for hydroxylation is 1. The van der Waals surface area contributed by atoms with Gasteiger partial charge >= 0.3 is 0 Å². The molecule has 27 heavy (non-hydrogen) atoms. The van der Waals surface area contributed by atoms with E-state index in [0.29, 0.717) is 6.54 Å². The number of methoxy groups -OCH3 is 1. The predicted octanol–water partition coefficient (Wildman–Crippen LogP) is 2.66. The van der Waals surface area contributed by atoms with Gasteiger partial charge in [0.15, 0.2) is 11.8 Å². The molecule has 1 aromatic rings. The standard InChI is InChI=1S/C20H38N6O/c1-15(2)18-9-7-17(8-10-18)13-22-20(21-11-6-12-27-5)23-14-19-25-24-16(3)26(19)4/h15,17-18H,6-14H2,1-5H3,(H2,21,22,23). The minimum atomic E-state index is 0.525. The molecule has 0 aliphatic heterocycles. The molecule has 154 valence electrons. The van der Waals surface area contributed by atoms with Gasteiger partial charge in [0.2, 0.25) is 0 Å². The average molecular weight is 379 g/mol. The molecule has 0 unspecified atom stereocenters. The van der Waals surface area contributed by atoms with Crippen LogP contribution in [0.5, 0.6) is 0 Å². The third-order valence-electron chi connectivity index (χ3n) is 5.77. The van der Waals surface area contributed by atoms with Crippen LogP contribution in [0.2, 0.25) is 0 Å². The van der Waals surface area contributed by atoms with Crippen molar-refractivity contribution in [3.63, 3.8) is 0 Å². The summed E-state index contributed by atoms with van der Waals surface area (Å²) in [6, 6.07) is 0. The van der Waals surface area contributed by atoms with E-state index in [2.05, 4.69) is 34.7 Å². The highest BCUT2D eigenvalue weighted by Gasteiger charge is 2.23. The van der Waals surface area contributed by atoms with Gasteiger partial charge in [-0.15, -0.1) is 10.2 Å². The van der Waals surface area contributed by atoms with E-state index in [-0.39, 0.29) is 0 Å². The van der Waals surface area contributed by atoms with E-state index in [1.165, 1.54) is 25.7 Å². The van der Waals surface area contributed by atoms with Crippen LogP contribution in [0.4, 0.5) is 0 Å². The quantitative estimate of drug-likeness (QED) is 0.392. The van der Waals surface area contributed by atoms with Gasteiger partial charge in [-0.2, -0.15) is 0 Å². The summed E-state index contributed by atoms with van der Waals surface area (Å²) in [7, 11) is 3.71. The van der Waals surface area contributed by atoms with Gasteiger partial charge in [0.1, 0.15) is 12.4 Å². The van der Waals surface area contributed by atoms with Crippen molar-refractivity contribution in [3.05, 3.63) is 11.6 Å². The van der Waals surface area contributed by atoms with E-state index in [4.69, 9.17) is 9.73 Å². The third-order valence-corrected chi connectivity index (χ3v) is 5.77. The highest BCUT2D eigenvalue weighted by Crippen LogP contribution is 2.32. The van der Waals surface area contributed by atoms with Crippen molar-refractivity contribution in [1.82, 2.24) is 25.4 Å². The lowest BCUT2D eigenvalue weighted by Gasteiger charge is -2.31. The Kier molecular flexibility index (Phi) is 9.04. The van der Waals surface area contributed by atoms with E-state index in [1.54, 1.807) is 7.11 Å². The molecule has 1 aromatic heterocycles. The summed E-state index contributed by atoms with van der Waals surface area (Å²) in [4.78, 5) is 4.72. The zero-order chi connectivity index (χ0) is 19.6. The smallest absolute Gasteiger partial charge is 0.191 e. The number of hydrogen-bond donors (Lipinski definition) is 2. The fourth-order valence-corrected chi connectivity index (χ4v) is 3.64. The van der Waals surface area contributed by atoms with E-state index >= 15 is 0 Å². The van der Waals surface area contributed by atoms with E-state index in [9.17, 15) is 0 Å². The van der Waals surface area contributed by atoms with Crippen LogP contribution in [0.25, 0.3) is 0 Å². The second kappa shape index (κ2) is 11.3. The van der Waals surface area contributed by atoms with E-state index in [1.807, 2.05) is 18.5 Å². The molecular weight excluding hydrogens is 340 g/mol. The van der Waals surface area contributed by atoms with Crippen molar-refractivity contribution in [2.45, 2.75) is 59.4 Å². The lowest BCUT2D eigenvalue weighted by Crippen LogP contribution is -2.41. The lowest BCUT2D eigenvalue weighted by molar-refractivity contribution is 0.195. The minimum Gasteiger partial charge on any atom is -0.385 e. The second-order valence-corrected chi connectivity index (χ2v) is 8.07. The van der Waals surface area contributed by atoms with Crippen LogP contribution in [0.15, 0.2) is 4.99 Å². The molecule has 1 fully saturated rings. The van der Waals surface area contributed by atoms with Gasteiger partial charge in [-0.25, -0.2) is 4.99 Å². The minimum absolute atomic E-state index is 0.525. The van der Waals surface area contributed by atoms with Gasteiger partial charge in [-0.3, -0.25) is 0 Å². The topological polar surface area (TPSA) is 76.4 Å². The first kappa shape index (κ1) is 21.7. The molecule has 1 saturated carbocycles. The van der Waals surface area contributed by atoms with Crippen molar-refractivity contribution in [1.29, 1.82) is 0 Å². The average Bonchev–Trinajstić information content (AvgIpc) is 2.99. The van der Waals surface area contributed by atoms with Gasteiger partial charge in [0, 0.05) is 33.9 Å². The Bertz CT molecular complexity index is 575. The van der Waals surface area contributed by atoms with Crippen LogP contribution in [-0.2, 0) is 18.3 Å². The molecule has 2 rings (SSSR count). The molecule has 0 bridgehead atoms. The van der Waals surface area contributed by atoms with Crippen LogP contribution >= 0.6 is 0 Å². The molecule has 0 radical (unpaired) electrons. The molecule has 0 atom stereocenters.